The van der Waals surface area contributed by atoms with Crippen molar-refractivity contribution >= 4 is 23.4 Å². The number of halogens is 3. The maximum atomic E-state index is 13.4. The van der Waals surface area contributed by atoms with Crippen LogP contribution < -0.4 is 4.90 Å². The summed E-state index contributed by atoms with van der Waals surface area (Å²) in [6.45, 7) is 9.25. The third kappa shape index (κ3) is 6.29. The molecule has 0 aliphatic rings. The highest BCUT2D eigenvalue weighted by molar-refractivity contribution is 6.31. The Morgan fingerprint density at radius 3 is 2.39 bits per heavy atom. The zero-order valence-electron chi connectivity index (χ0n) is 14.3. The molecular weight excluding hydrogens is 326 g/mol. The summed E-state index contributed by atoms with van der Waals surface area (Å²) >= 11 is 5.89. The second kappa shape index (κ2) is 9.65. The molecule has 1 aromatic rings. The Morgan fingerprint density at radius 1 is 1.39 bits per heavy atom. The molecule has 132 valence electrons. The fraction of sp³-hybridized carbons (Fsp3) is 0.625. The molecule has 0 atom stereocenters. The number of hydrogen-bond donors (Lipinski definition) is 1. The Labute approximate surface area is 141 Å². The summed E-state index contributed by atoms with van der Waals surface area (Å²) in [5.74, 6) is -3.77. The van der Waals surface area contributed by atoms with Gasteiger partial charge in [0.2, 0.25) is 5.92 Å². The van der Waals surface area contributed by atoms with Gasteiger partial charge in [-0.2, -0.15) is 0 Å². The molecule has 0 radical (unpaired) electrons. The van der Waals surface area contributed by atoms with Crippen LogP contribution in [0.15, 0.2) is 6.07 Å². The molecular formula is C16H25ClF2N2O2. The van der Waals surface area contributed by atoms with Gasteiger partial charge in [-0.1, -0.05) is 32.4 Å². The van der Waals surface area contributed by atoms with Gasteiger partial charge < -0.3 is 10.0 Å². The van der Waals surface area contributed by atoms with Gasteiger partial charge in [0, 0.05) is 25.9 Å². The lowest BCUT2D eigenvalue weighted by molar-refractivity contribution is -0.00921. The summed E-state index contributed by atoms with van der Waals surface area (Å²) in [6, 6.07) is 1.31. The van der Waals surface area contributed by atoms with E-state index >= 15 is 0 Å². The Balaban J connectivity index is 0.00000232. The molecule has 0 amide bonds. The Kier molecular flexibility index (Phi) is 9.05. The van der Waals surface area contributed by atoms with Crippen molar-refractivity contribution in [2.24, 2.45) is 0 Å². The SMILES string of the molecule is CC.CCN(CCC(F)(F)CC)c1nc(C)c(Cl)cc1C(=O)O. The van der Waals surface area contributed by atoms with Crippen molar-refractivity contribution < 1.29 is 18.7 Å². The number of aromatic carboxylic acids is 1. The monoisotopic (exact) mass is 350 g/mol. The van der Waals surface area contributed by atoms with E-state index in [-0.39, 0.29) is 35.8 Å². The molecule has 0 unspecified atom stereocenters. The molecule has 23 heavy (non-hydrogen) atoms. The van der Waals surface area contributed by atoms with Crippen LogP contribution in [0.2, 0.25) is 5.02 Å². The predicted molar refractivity (Wildman–Crippen MR) is 90.0 cm³/mol. The molecule has 1 N–H and O–H groups in total. The second-order valence-electron chi connectivity index (χ2n) is 4.77. The third-order valence-corrected chi connectivity index (χ3v) is 3.69. The van der Waals surface area contributed by atoms with Crippen LogP contribution in [-0.2, 0) is 0 Å². The smallest absolute Gasteiger partial charge is 0.339 e. The summed E-state index contributed by atoms with van der Waals surface area (Å²) in [5, 5.41) is 9.47. The van der Waals surface area contributed by atoms with E-state index in [1.165, 1.54) is 17.9 Å². The fourth-order valence-corrected chi connectivity index (χ4v) is 2.01. The van der Waals surface area contributed by atoms with Crippen LogP contribution in [0.25, 0.3) is 0 Å². The van der Waals surface area contributed by atoms with Gasteiger partial charge in [-0.3, -0.25) is 0 Å². The minimum absolute atomic E-state index is 0.0334. The van der Waals surface area contributed by atoms with Crippen molar-refractivity contribution in [1.29, 1.82) is 0 Å². The molecule has 1 aromatic heterocycles. The Bertz CT molecular complexity index is 525. The van der Waals surface area contributed by atoms with E-state index in [1.54, 1.807) is 13.8 Å². The number of hydrogen-bond acceptors (Lipinski definition) is 3. The molecule has 0 aromatic carbocycles. The minimum atomic E-state index is -2.77. The maximum Gasteiger partial charge on any atom is 0.339 e. The standard InChI is InChI=1S/C14H19ClF2N2O2.C2H6/c1-4-14(16,17)6-7-19(5-2)12-10(13(20)21)8-11(15)9(3)18-12;1-2/h8H,4-7H2,1-3H3,(H,20,21);1-2H3. The quantitative estimate of drug-likeness (QED) is 0.749. The van der Waals surface area contributed by atoms with Crippen LogP contribution in [0.5, 0.6) is 0 Å². The van der Waals surface area contributed by atoms with Crippen LogP contribution in [0.3, 0.4) is 0 Å². The molecule has 7 heteroatoms. The van der Waals surface area contributed by atoms with E-state index in [9.17, 15) is 18.7 Å². The van der Waals surface area contributed by atoms with E-state index in [0.29, 0.717) is 12.2 Å². The van der Waals surface area contributed by atoms with Crippen LogP contribution >= 0.6 is 11.6 Å². The number of anilines is 1. The van der Waals surface area contributed by atoms with Crippen LogP contribution in [0.4, 0.5) is 14.6 Å². The summed E-state index contributed by atoms with van der Waals surface area (Å²) in [6.07, 6.45) is -0.594. The zero-order valence-corrected chi connectivity index (χ0v) is 15.0. The average molecular weight is 351 g/mol. The molecule has 0 aliphatic heterocycles. The van der Waals surface area contributed by atoms with Crippen molar-refractivity contribution in [3.05, 3.63) is 22.3 Å². The normalized spacial score (nSPS) is 10.8. The first-order valence-corrected chi connectivity index (χ1v) is 8.12. The topological polar surface area (TPSA) is 53.4 Å². The number of carbonyl (C=O) groups is 1. The number of carboxylic acids is 1. The van der Waals surface area contributed by atoms with Crippen molar-refractivity contribution in [3.8, 4) is 0 Å². The number of carboxylic acid groups (broad SMARTS) is 1. The summed E-state index contributed by atoms with van der Waals surface area (Å²) in [5.41, 5.74) is 0.393. The first-order valence-electron chi connectivity index (χ1n) is 7.75. The van der Waals surface area contributed by atoms with E-state index in [4.69, 9.17) is 11.6 Å². The molecule has 0 saturated carbocycles. The van der Waals surface area contributed by atoms with Crippen molar-refractivity contribution in [2.45, 2.75) is 53.4 Å². The number of alkyl halides is 2. The molecule has 4 nitrogen and oxygen atoms in total. The van der Waals surface area contributed by atoms with Gasteiger partial charge in [0.25, 0.3) is 0 Å². The van der Waals surface area contributed by atoms with Crippen molar-refractivity contribution in [2.75, 3.05) is 18.0 Å². The molecule has 0 saturated heterocycles. The van der Waals surface area contributed by atoms with Gasteiger partial charge >= 0.3 is 5.97 Å². The highest BCUT2D eigenvalue weighted by Gasteiger charge is 2.28. The van der Waals surface area contributed by atoms with E-state index in [0.717, 1.165) is 0 Å². The number of aryl methyl sites for hydroxylation is 1. The predicted octanol–water partition coefficient (Wildman–Crippen LogP) is 5.03. The zero-order chi connectivity index (χ0) is 18.2. The molecule has 1 heterocycles. The van der Waals surface area contributed by atoms with Gasteiger partial charge in [0.15, 0.2) is 0 Å². The van der Waals surface area contributed by atoms with Crippen LogP contribution in [0, 0.1) is 6.92 Å². The number of nitrogens with zero attached hydrogens (tertiary/aromatic N) is 2. The fourth-order valence-electron chi connectivity index (χ4n) is 1.86. The lowest BCUT2D eigenvalue weighted by Gasteiger charge is -2.26. The van der Waals surface area contributed by atoms with Crippen LogP contribution in [0.1, 0.15) is 56.6 Å². The molecule has 1 rings (SSSR count). The Morgan fingerprint density at radius 2 is 1.96 bits per heavy atom. The number of aromatic nitrogens is 1. The summed E-state index contributed by atoms with van der Waals surface area (Å²) in [7, 11) is 0. The molecule has 0 fully saturated rings. The van der Waals surface area contributed by atoms with E-state index in [2.05, 4.69) is 4.98 Å². The minimum Gasteiger partial charge on any atom is -0.478 e. The van der Waals surface area contributed by atoms with Gasteiger partial charge in [-0.05, 0) is 19.9 Å². The van der Waals surface area contributed by atoms with Gasteiger partial charge in [-0.25, -0.2) is 18.6 Å². The lowest BCUT2D eigenvalue weighted by Crippen LogP contribution is -2.31. The summed E-state index contributed by atoms with van der Waals surface area (Å²) in [4.78, 5) is 17.0. The first kappa shape index (κ1) is 21.6. The third-order valence-electron chi connectivity index (χ3n) is 3.31. The van der Waals surface area contributed by atoms with Gasteiger partial charge in [0.05, 0.1) is 10.7 Å². The van der Waals surface area contributed by atoms with Crippen molar-refractivity contribution in [3.63, 3.8) is 0 Å². The highest BCUT2D eigenvalue weighted by atomic mass is 35.5. The molecule has 0 spiro atoms. The highest BCUT2D eigenvalue weighted by Crippen LogP contribution is 2.27. The Hall–Kier alpha value is -1.43. The maximum absolute atomic E-state index is 13.4. The first-order chi connectivity index (χ1) is 10.7. The summed E-state index contributed by atoms with van der Waals surface area (Å²) < 4.78 is 26.8. The van der Waals surface area contributed by atoms with Gasteiger partial charge in [0.1, 0.15) is 11.4 Å². The number of rotatable bonds is 7. The van der Waals surface area contributed by atoms with E-state index in [1.807, 2.05) is 13.8 Å². The largest absolute Gasteiger partial charge is 0.478 e. The van der Waals surface area contributed by atoms with Crippen molar-refractivity contribution in [1.82, 2.24) is 4.98 Å². The van der Waals surface area contributed by atoms with Gasteiger partial charge in [-0.15, -0.1) is 0 Å². The molecule has 0 bridgehead atoms. The van der Waals surface area contributed by atoms with E-state index < -0.39 is 11.9 Å². The second-order valence-corrected chi connectivity index (χ2v) is 5.18. The molecule has 0 aliphatic carbocycles. The average Bonchev–Trinajstić information content (AvgIpc) is 2.52. The lowest BCUT2D eigenvalue weighted by atomic mass is 10.1. The van der Waals surface area contributed by atoms with Crippen LogP contribution in [-0.4, -0.2) is 35.1 Å². The number of pyridine rings is 1.